The Bertz CT molecular complexity index is 462. The lowest BCUT2D eigenvalue weighted by Crippen LogP contribution is -2.43. The number of ether oxygens (including phenoxy) is 2. The van der Waals surface area contributed by atoms with Gasteiger partial charge >= 0.3 is 0 Å². The molecule has 0 amide bonds. The Balaban J connectivity index is 2.10. The van der Waals surface area contributed by atoms with Crippen molar-refractivity contribution in [2.45, 2.75) is 25.8 Å². The molecule has 0 saturated carbocycles. The summed E-state index contributed by atoms with van der Waals surface area (Å²) in [6.07, 6.45) is 4.40. The average molecular weight is 387 g/mol. The molecule has 20 heavy (non-hydrogen) atoms. The Labute approximate surface area is 135 Å². The first-order chi connectivity index (χ1) is 9.78. The molecular formula is C16H22INO2. The van der Waals surface area contributed by atoms with Crippen LogP contribution in [0.4, 0.5) is 0 Å². The molecular weight excluding hydrogens is 365 g/mol. The molecule has 3 nitrogen and oxygen atoms in total. The lowest BCUT2D eigenvalue weighted by atomic mass is 10.0. The average Bonchev–Trinajstić information content (AvgIpc) is 2.50. The van der Waals surface area contributed by atoms with Gasteiger partial charge in [0.2, 0.25) is 0 Å². The van der Waals surface area contributed by atoms with Crippen molar-refractivity contribution in [3.63, 3.8) is 0 Å². The van der Waals surface area contributed by atoms with Crippen LogP contribution >= 0.6 is 22.6 Å². The fourth-order valence-electron chi connectivity index (χ4n) is 2.60. The molecule has 0 saturated heterocycles. The van der Waals surface area contributed by atoms with Gasteiger partial charge in [0.1, 0.15) is 18.1 Å². The maximum atomic E-state index is 5.92. The fourth-order valence-corrected chi connectivity index (χ4v) is 2.83. The highest BCUT2D eigenvalue weighted by atomic mass is 127. The maximum absolute atomic E-state index is 5.92. The molecule has 1 aliphatic heterocycles. The predicted octanol–water partition coefficient (Wildman–Crippen LogP) is 3.66. The molecule has 110 valence electrons. The molecule has 0 N–H and O–H groups in total. The summed E-state index contributed by atoms with van der Waals surface area (Å²) < 4.78 is 13.3. The van der Waals surface area contributed by atoms with Gasteiger partial charge in [-0.1, -0.05) is 35.6 Å². The number of halogens is 1. The van der Waals surface area contributed by atoms with Crippen LogP contribution in [0, 0.1) is 0 Å². The molecule has 0 spiro atoms. The molecule has 4 heteroatoms. The van der Waals surface area contributed by atoms with Gasteiger partial charge in [-0.15, -0.1) is 0 Å². The number of nitrogens with zero attached hydrogens (tertiary/aromatic N) is 1. The zero-order valence-electron chi connectivity index (χ0n) is 12.1. The number of hydrogen-bond donors (Lipinski definition) is 0. The molecule has 0 aliphatic carbocycles. The molecule has 1 aromatic rings. The molecule has 2 rings (SSSR count). The van der Waals surface area contributed by atoms with E-state index in [1.54, 1.807) is 7.11 Å². The van der Waals surface area contributed by atoms with E-state index in [4.69, 9.17) is 9.47 Å². The second-order valence-electron chi connectivity index (χ2n) is 5.00. The summed E-state index contributed by atoms with van der Waals surface area (Å²) in [4.78, 5) is 2.50. The minimum atomic E-state index is 0.446. The van der Waals surface area contributed by atoms with Crippen LogP contribution in [0.1, 0.15) is 18.9 Å². The Kier molecular flexibility index (Phi) is 6.16. The van der Waals surface area contributed by atoms with Gasteiger partial charge in [0.05, 0.1) is 7.11 Å². The van der Waals surface area contributed by atoms with Crippen molar-refractivity contribution < 1.29 is 9.47 Å². The van der Waals surface area contributed by atoms with Crippen molar-refractivity contribution in [2.24, 2.45) is 0 Å². The van der Waals surface area contributed by atoms with Crippen molar-refractivity contribution in [3.05, 3.63) is 33.9 Å². The van der Waals surface area contributed by atoms with Gasteiger partial charge in [0.25, 0.3) is 0 Å². The SMILES string of the molecule is CCCN(C/C=C/I)C1COc2ccc(OC)cc2C1. The van der Waals surface area contributed by atoms with Crippen LogP contribution in [0.3, 0.4) is 0 Å². The molecule has 0 fully saturated rings. The summed E-state index contributed by atoms with van der Waals surface area (Å²) >= 11 is 2.27. The van der Waals surface area contributed by atoms with E-state index in [0.717, 1.165) is 44.0 Å². The van der Waals surface area contributed by atoms with Crippen LogP contribution in [0.2, 0.25) is 0 Å². The monoisotopic (exact) mass is 387 g/mol. The predicted molar refractivity (Wildman–Crippen MR) is 91.0 cm³/mol. The number of rotatable bonds is 6. The molecule has 0 bridgehead atoms. The van der Waals surface area contributed by atoms with E-state index in [9.17, 15) is 0 Å². The molecule has 1 unspecified atom stereocenters. The Hall–Kier alpha value is -0.750. The second-order valence-corrected chi connectivity index (χ2v) is 5.72. The summed E-state index contributed by atoms with van der Waals surface area (Å²) in [6.45, 7) is 5.09. The van der Waals surface area contributed by atoms with Gasteiger partial charge in [-0.2, -0.15) is 0 Å². The summed E-state index contributed by atoms with van der Waals surface area (Å²) in [7, 11) is 1.71. The summed E-state index contributed by atoms with van der Waals surface area (Å²) in [6, 6.07) is 6.52. The van der Waals surface area contributed by atoms with Gasteiger partial charge < -0.3 is 9.47 Å². The smallest absolute Gasteiger partial charge is 0.122 e. The van der Waals surface area contributed by atoms with Crippen molar-refractivity contribution >= 4 is 22.6 Å². The minimum absolute atomic E-state index is 0.446. The van der Waals surface area contributed by atoms with E-state index in [-0.39, 0.29) is 0 Å². The Morgan fingerprint density at radius 1 is 1.50 bits per heavy atom. The van der Waals surface area contributed by atoms with E-state index >= 15 is 0 Å². The van der Waals surface area contributed by atoms with E-state index in [1.165, 1.54) is 5.56 Å². The van der Waals surface area contributed by atoms with Crippen LogP contribution in [0.25, 0.3) is 0 Å². The van der Waals surface area contributed by atoms with Crippen molar-refractivity contribution in [1.82, 2.24) is 4.90 Å². The molecule has 0 aromatic heterocycles. The lowest BCUT2D eigenvalue weighted by Gasteiger charge is -2.34. The quantitative estimate of drug-likeness (QED) is 0.696. The Morgan fingerprint density at radius 3 is 3.05 bits per heavy atom. The third-order valence-corrected chi connectivity index (χ3v) is 4.12. The van der Waals surface area contributed by atoms with Crippen molar-refractivity contribution in [3.8, 4) is 11.5 Å². The standard InChI is InChI=1S/C16H22INO2/c1-3-8-18(9-4-7-17)14-10-13-11-15(19-2)5-6-16(13)20-12-14/h4-7,11,14H,3,8-10,12H2,1-2H3/b7-4+. The summed E-state index contributed by atoms with van der Waals surface area (Å²) in [5.41, 5.74) is 1.25. The molecule has 1 aliphatic rings. The highest BCUT2D eigenvalue weighted by Crippen LogP contribution is 2.30. The van der Waals surface area contributed by atoms with Gasteiger partial charge in [-0.3, -0.25) is 4.90 Å². The maximum Gasteiger partial charge on any atom is 0.122 e. The van der Waals surface area contributed by atoms with Crippen molar-refractivity contribution in [2.75, 3.05) is 26.8 Å². The van der Waals surface area contributed by atoms with Crippen molar-refractivity contribution in [1.29, 1.82) is 0 Å². The van der Waals surface area contributed by atoms with Gasteiger partial charge in [0, 0.05) is 12.6 Å². The van der Waals surface area contributed by atoms with Gasteiger partial charge in [0.15, 0.2) is 0 Å². The minimum Gasteiger partial charge on any atom is -0.497 e. The van der Waals surface area contributed by atoms with Crippen LogP contribution in [-0.4, -0.2) is 37.7 Å². The third kappa shape index (κ3) is 3.88. The van der Waals surface area contributed by atoms with Gasteiger partial charge in [-0.05, 0) is 47.2 Å². The molecule has 0 radical (unpaired) electrons. The lowest BCUT2D eigenvalue weighted by molar-refractivity contribution is 0.130. The first-order valence-electron chi connectivity index (χ1n) is 7.07. The summed E-state index contributed by atoms with van der Waals surface area (Å²) in [5, 5.41) is 0. The van der Waals surface area contributed by atoms with Crippen LogP contribution in [0.5, 0.6) is 11.5 Å². The number of fused-ring (bicyclic) bond motifs is 1. The van der Waals surface area contributed by atoms with Crippen LogP contribution < -0.4 is 9.47 Å². The second kappa shape index (κ2) is 7.88. The summed E-state index contributed by atoms with van der Waals surface area (Å²) in [5.74, 6) is 1.91. The largest absolute Gasteiger partial charge is 0.497 e. The highest BCUT2D eigenvalue weighted by molar-refractivity contribution is 14.1. The Morgan fingerprint density at radius 2 is 2.35 bits per heavy atom. The van der Waals surface area contributed by atoms with E-state index in [1.807, 2.05) is 12.1 Å². The molecule has 1 aromatic carbocycles. The first kappa shape index (κ1) is 15.6. The zero-order valence-corrected chi connectivity index (χ0v) is 14.3. The van der Waals surface area contributed by atoms with Crippen LogP contribution in [-0.2, 0) is 6.42 Å². The number of benzene rings is 1. The zero-order chi connectivity index (χ0) is 14.4. The van der Waals surface area contributed by atoms with Crippen LogP contribution in [0.15, 0.2) is 28.4 Å². The highest BCUT2D eigenvalue weighted by Gasteiger charge is 2.24. The topological polar surface area (TPSA) is 21.7 Å². The third-order valence-electron chi connectivity index (χ3n) is 3.61. The van der Waals surface area contributed by atoms with Gasteiger partial charge in [-0.25, -0.2) is 0 Å². The first-order valence-corrected chi connectivity index (χ1v) is 8.32. The molecule has 1 atom stereocenters. The van der Waals surface area contributed by atoms with E-state index in [0.29, 0.717) is 6.04 Å². The van der Waals surface area contributed by atoms with E-state index < -0.39 is 0 Å². The number of hydrogen-bond acceptors (Lipinski definition) is 3. The van der Waals surface area contributed by atoms with E-state index in [2.05, 4.69) is 50.6 Å². The molecule has 1 heterocycles. The number of methoxy groups -OCH3 is 1. The fraction of sp³-hybridized carbons (Fsp3) is 0.500. The normalized spacial score (nSPS) is 18.1.